The Hall–Kier alpha value is -1.96. The number of fused-ring (bicyclic) bond motifs is 2. The fraction of sp³-hybridized carbons (Fsp3) is 0.200. The second-order valence-corrected chi connectivity index (χ2v) is 4.20. The molecule has 0 bridgehead atoms. The minimum absolute atomic E-state index is 0.338. The third-order valence-corrected chi connectivity index (χ3v) is 3.22. The van der Waals surface area contributed by atoms with Crippen molar-refractivity contribution in [3.05, 3.63) is 59.7 Å². The van der Waals surface area contributed by atoms with Crippen molar-refractivity contribution in [1.29, 1.82) is 0 Å². The van der Waals surface area contributed by atoms with Crippen LogP contribution in [0.1, 0.15) is 30.4 Å². The third-order valence-electron chi connectivity index (χ3n) is 3.22. The Morgan fingerprint density at radius 2 is 1.29 bits per heavy atom. The summed E-state index contributed by atoms with van der Waals surface area (Å²) in [6.07, 6.45) is 1.03. The lowest BCUT2D eigenvalue weighted by molar-refractivity contribution is -0.0992. The standard InChI is InChI=1S/C15H14O2/c1-2-11-12-7-3-5-9-14(12)16-17-15-10-6-4-8-13(11)15/h3-11H,2H2,1H3. The molecular weight excluding hydrogens is 212 g/mol. The summed E-state index contributed by atoms with van der Waals surface area (Å²) in [4.78, 5) is 10.8. The number of hydrogen-bond acceptors (Lipinski definition) is 2. The van der Waals surface area contributed by atoms with Gasteiger partial charge in [0.25, 0.3) is 0 Å². The Kier molecular flexibility index (Phi) is 2.48. The van der Waals surface area contributed by atoms with Gasteiger partial charge in [-0.1, -0.05) is 43.3 Å². The highest BCUT2D eigenvalue weighted by Gasteiger charge is 2.24. The van der Waals surface area contributed by atoms with Crippen LogP contribution in [0.5, 0.6) is 11.5 Å². The van der Waals surface area contributed by atoms with E-state index in [-0.39, 0.29) is 0 Å². The van der Waals surface area contributed by atoms with Gasteiger partial charge in [0.05, 0.1) is 0 Å². The van der Waals surface area contributed by atoms with E-state index in [1.54, 1.807) is 0 Å². The van der Waals surface area contributed by atoms with Crippen molar-refractivity contribution in [2.75, 3.05) is 0 Å². The van der Waals surface area contributed by atoms with Crippen molar-refractivity contribution < 1.29 is 9.78 Å². The smallest absolute Gasteiger partial charge is 0.182 e. The molecule has 1 aliphatic rings. The molecule has 0 fully saturated rings. The maximum atomic E-state index is 5.41. The molecule has 0 amide bonds. The molecule has 17 heavy (non-hydrogen) atoms. The van der Waals surface area contributed by atoms with E-state index in [2.05, 4.69) is 19.1 Å². The van der Waals surface area contributed by atoms with Gasteiger partial charge < -0.3 is 0 Å². The largest absolute Gasteiger partial charge is 0.290 e. The minimum Gasteiger partial charge on any atom is -0.290 e. The lowest BCUT2D eigenvalue weighted by atomic mass is 9.88. The number of rotatable bonds is 1. The zero-order chi connectivity index (χ0) is 11.7. The molecule has 1 heterocycles. The average Bonchev–Trinajstić information content (AvgIpc) is 2.55. The zero-order valence-corrected chi connectivity index (χ0v) is 9.72. The van der Waals surface area contributed by atoms with Crippen molar-refractivity contribution in [3.8, 4) is 11.5 Å². The molecule has 86 valence electrons. The highest BCUT2D eigenvalue weighted by atomic mass is 17.2. The van der Waals surface area contributed by atoms with Gasteiger partial charge in [0.2, 0.25) is 0 Å². The first-order chi connectivity index (χ1) is 8.40. The van der Waals surface area contributed by atoms with Crippen LogP contribution < -0.4 is 9.78 Å². The molecule has 0 aromatic heterocycles. The van der Waals surface area contributed by atoms with Gasteiger partial charge >= 0.3 is 0 Å². The predicted octanol–water partition coefficient (Wildman–Crippen LogP) is 3.91. The van der Waals surface area contributed by atoms with E-state index < -0.39 is 0 Å². The molecule has 3 rings (SSSR count). The van der Waals surface area contributed by atoms with Crippen LogP contribution in [0.25, 0.3) is 0 Å². The van der Waals surface area contributed by atoms with Crippen LogP contribution in [-0.2, 0) is 0 Å². The topological polar surface area (TPSA) is 18.5 Å². The quantitative estimate of drug-likeness (QED) is 0.686. The number of benzene rings is 2. The summed E-state index contributed by atoms with van der Waals surface area (Å²) in [5.41, 5.74) is 2.39. The van der Waals surface area contributed by atoms with Crippen LogP contribution in [0.15, 0.2) is 48.5 Å². The summed E-state index contributed by atoms with van der Waals surface area (Å²) >= 11 is 0. The molecule has 0 atom stereocenters. The first kappa shape index (κ1) is 10.2. The maximum Gasteiger partial charge on any atom is 0.182 e. The minimum atomic E-state index is 0.338. The number of hydrogen-bond donors (Lipinski definition) is 0. The van der Waals surface area contributed by atoms with Crippen LogP contribution in [0.3, 0.4) is 0 Å². The number of para-hydroxylation sites is 2. The molecule has 0 unspecified atom stereocenters. The van der Waals surface area contributed by atoms with E-state index in [4.69, 9.17) is 9.78 Å². The third kappa shape index (κ3) is 1.66. The molecule has 0 spiro atoms. The van der Waals surface area contributed by atoms with Gasteiger partial charge in [-0.05, 0) is 18.6 Å². The van der Waals surface area contributed by atoms with Gasteiger partial charge in [-0.3, -0.25) is 9.78 Å². The monoisotopic (exact) mass is 226 g/mol. The van der Waals surface area contributed by atoms with Crippen molar-refractivity contribution in [2.24, 2.45) is 0 Å². The summed E-state index contributed by atoms with van der Waals surface area (Å²) in [7, 11) is 0. The van der Waals surface area contributed by atoms with Gasteiger partial charge in [0, 0.05) is 17.0 Å². The second kappa shape index (κ2) is 4.13. The summed E-state index contributed by atoms with van der Waals surface area (Å²) in [6, 6.07) is 16.1. The maximum absolute atomic E-state index is 5.41. The Bertz CT molecular complexity index is 486. The molecule has 0 aliphatic carbocycles. The van der Waals surface area contributed by atoms with Crippen molar-refractivity contribution in [1.82, 2.24) is 0 Å². The molecule has 0 saturated heterocycles. The van der Waals surface area contributed by atoms with Gasteiger partial charge in [-0.25, -0.2) is 0 Å². The van der Waals surface area contributed by atoms with E-state index in [9.17, 15) is 0 Å². The Morgan fingerprint density at radius 1 is 0.824 bits per heavy atom. The van der Waals surface area contributed by atoms with Gasteiger partial charge in [0.1, 0.15) is 0 Å². The first-order valence-electron chi connectivity index (χ1n) is 5.92. The predicted molar refractivity (Wildman–Crippen MR) is 66.3 cm³/mol. The van der Waals surface area contributed by atoms with Gasteiger partial charge in [-0.2, -0.15) is 0 Å². The van der Waals surface area contributed by atoms with E-state index in [1.807, 2.05) is 36.4 Å². The van der Waals surface area contributed by atoms with Crippen molar-refractivity contribution in [2.45, 2.75) is 19.3 Å². The van der Waals surface area contributed by atoms with Crippen LogP contribution in [-0.4, -0.2) is 0 Å². The lowest BCUT2D eigenvalue weighted by Gasteiger charge is -2.14. The average molecular weight is 226 g/mol. The Morgan fingerprint density at radius 3 is 1.76 bits per heavy atom. The molecule has 0 saturated carbocycles. The van der Waals surface area contributed by atoms with Crippen LogP contribution in [0.2, 0.25) is 0 Å². The van der Waals surface area contributed by atoms with E-state index in [1.165, 1.54) is 11.1 Å². The molecule has 2 aromatic carbocycles. The fourth-order valence-electron chi connectivity index (χ4n) is 2.39. The molecule has 2 nitrogen and oxygen atoms in total. The van der Waals surface area contributed by atoms with Crippen molar-refractivity contribution >= 4 is 0 Å². The summed E-state index contributed by atoms with van der Waals surface area (Å²) in [5, 5.41) is 0. The molecular formula is C15H14O2. The zero-order valence-electron chi connectivity index (χ0n) is 9.72. The fourth-order valence-corrected chi connectivity index (χ4v) is 2.39. The van der Waals surface area contributed by atoms with Crippen LogP contribution in [0, 0.1) is 0 Å². The van der Waals surface area contributed by atoms with E-state index in [0.29, 0.717) is 5.92 Å². The molecule has 2 aromatic rings. The first-order valence-corrected chi connectivity index (χ1v) is 5.92. The highest BCUT2D eigenvalue weighted by molar-refractivity contribution is 5.48. The summed E-state index contributed by atoms with van der Waals surface area (Å²) in [6.45, 7) is 2.18. The Labute approximate surface area is 101 Å². The second-order valence-electron chi connectivity index (χ2n) is 4.20. The highest BCUT2D eigenvalue weighted by Crippen LogP contribution is 2.41. The SMILES string of the molecule is CCC1c2ccccc2OOc2ccccc21. The molecule has 2 heteroatoms. The summed E-state index contributed by atoms with van der Waals surface area (Å²) < 4.78 is 0. The molecule has 0 radical (unpaired) electrons. The van der Waals surface area contributed by atoms with Crippen molar-refractivity contribution in [3.63, 3.8) is 0 Å². The van der Waals surface area contributed by atoms with Gasteiger partial charge in [-0.15, -0.1) is 0 Å². The normalized spacial score (nSPS) is 13.9. The van der Waals surface area contributed by atoms with Crippen LogP contribution in [0.4, 0.5) is 0 Å². The summed E-state index contributed by atoms with van der Waals surface area (Å²) in [5.74, 6) is 1.97. The Balaban J connectivity index is 2.19. The van der Waals surface area contributed by atoms with E-state index >= 15 is 0 Å². The molecule has 1 aliphatic heterocycles. The van der Waals surface area contributed by atoms with Crippen LogP contribution >= 0.6 is 0 Å². The van der Waals surface area contributed by atoms with E-state index in [0.717, 1.165) is 17.9 Å². The van der Waals surface area contributed by atoms with Gasteiger partial charge in [0.15, 0.2) is 11.5 Å². The molecule has 0 N–H and O–H groups in total. The lowest BCUT2D eigenvalue weighted by Crippen LogP contribution is -1.99.